The summed E-state index contributed by atoms with van der Waals surface area (Å²) in [5.41, 5.74) is 6.45. The van der Waals surface area contributed by atoms with E-state index in [-0.39, 0.29) is 40.9 Å². The van der Waals surface area contributed by atoms with Crippen LogP contribution in [0.15, 0.2) is 40.9 Å². The number of allylic oxidation sites excluding steroid dienone is 2. The molecule has 0 aromatic heterocycles. The Bertz CT molecular complexity index is 757. The lowest BCUT2D eigenvalue weighted by atomic mass is 9.81. The number of nitrogens with two attached hydrogens (primary N) is 1. The maximum Gasteiger partial charge on any atom is 0.228 e. The molecule has 2 fully saturated rings. The molecule has 4 N–H and O–H groups in total. The van der Waals surface area contributed by atoms with Crippen molar-refractivity contribution in [2.75, 3.05) is 18.4 Å². The van der Waals surface area contributed by atoms with Gasteiger partial charge in [-0.1, -0.05) is 28.1 Å². The highest BCUT2D eigenvalue weighted by Crippen LogP contribution is 2.72. The minimum atomic E-state index is -0.291. The Balaban J connectivity index is 1.50. The van der Waals surface area contributed by atoms with Crippen molar-refractivity contribution in [3.05, 3.63) is 40.9 Å². The van der Waals surface area contributed by atoms with Gasteiger partial charge in [0.25, 0.3) is 0 Å². The predicted octanol–water partition coefficient (Wildman–Crippen LogP) is 3.07. The Hall–Kier alpha value is -1.66. The fourth-order valence-corrected chi connectivity index (χ4v) is 5.33. The van der Waals surface area contributed by atoms with Gasteiger partial charge < -0.3 is 16.4 Å². The topological polar surface area (TPSA) is 84.2 Å². The summed E-state index contributed by atoms with van der Waals surface area (Å²) in [6, 6.07) is 7.56. The van der Waals surface area contributed by atoms with Gasteiger partial charge >= 0.3 is 0 Å². The molecule has 0 unspecified atom stereocenters. The lowest BCUT2D eigenvalue weighted by Crippen LogP contribution is -2.42. The first-order chi connectivity index (χ1) is 13.1. The van der Waals surface area contributed by atoms with E-state index < -0.39 is 0 Å². The van der Waals surface area contributed by atoms with Gasteiger partial charge in [0.15, 0.2) is 0 Å². The SMILES string of the molecule is NCCCCNC(=O)[C@H]1[C@H](C(=O)Nc2ccc(Br)cc2)[C@H]2C=C[C@H]1C21CC1. The van der Waals surface area contributed by atoms with Gasteiger partial charge in [0.2, 0.25) is 11.8 Å². The first kappa shape index (κ1) is 18.7. The predicted molar refractivity (Wildman–Crippen MR) is 109 cm³/mol. The van der Waals surface area contributed by atoms with Gasteiger partial charge in [0, 0.05) is 16.7 Å². The van der Waals surface area contributed by atoms with Gasteiger partial charge in [-0.05, 0) is 73.7 Å². The molecule has 3 aliphatic rings. The van der Waals surface area contributed by atoms with Gasteiger partial charge in [-0.25, -0.2) is 0 Å². The average molecular weight is 432 g/mol. The van der Waals surface area contributed by atoms with E-state index in [0.29, 0.717) is 13.1 Å². The average Bonchev–Trinajstić information content (AvgIpc) is 3.33. The van der Waals surface area contributed by atoms with Crippen molar-refractivity contribution in [1.82, 2.24) is 5.32 Å². The van der Waals surface area contributed by atoms with Crippen molar-refractivity contribution >= 4 is 33.4 Å². The number of rotatable bonds is 7. The summed E-state index contributed by atoms with van der Waals surface area (Å²) in [5.74, 6) is -0.208. The van der Waals surface area contributed by atoms with Crippen molar-refractivity contribution < 1.29 is 9.59 Å². The van der Waals surface area contributed by atoms with E-state index in [4.69, 9.17) is 5.73 Å². The maximum atomic E-state index is 13.1. The van der Waals surface area contributed by atoms with Crippen molar-refractivity contribution in [3.8, 4) is 0 Å². The first-order valence-corrected chi connectivity index (χ1v) is 10.6. The van der Waals surface area contributed by atoms with E-state index in [2.05, 4.69) is 38.7 Å². The molecule has 2 bridgehead atoms. The van der Waals surface area contributed by atoms with Crippen LogP contribution in [0.5, 0.6) is 0 Å². The Kier molecular flexibility index (Phi) is 5.12. The highest BCUT2D eigenvalue weighted by molar-refractivity contribution is 9.10. The molecule has 0 heterocycles. The van der Waals surface area contributed by atoms with Gasteiger partial charge in [-0.2, -0.15) is 0 Å². The monoisotopic (exact) mass is 431 g/mol. The number of anilines is 1. The third-order valence-corrected chi connectivity index (χ3v) is 7.02. The number of hydrogen-bond donors (Lipinski definition) is 3. The van der Waals surface area contributed by atoms with Crippen LogP contribution >= 0.6 is 15.9 Å². The van der Waals surface area contributed by atoms with Crippen LogP contribution in [0.3, 0.4) is 0 Å². The summed E-state index contributed by atoms with van der Waals surface area (Å²) in [7, 11) is 0. The van der Waals surface area contributed by atoms with Crippen molar-refractivity contribution in [2.24, 2.45) is 34.8 Å². The molecule has 5 nitrogen and oxygen atoms in total. The third-order valence-electron chi connectivity index (χ3n) is 6.49. The zero-order valence-electron chi connectivity index (χ0n) is 15.3. The summed E-state index contributed by atoms with van der Waals surface area (Å²) in [5, 5.41) is 6.08. The molecule has 6 heteroatoms. The standard InChI is InChI=1S/C21H26BrN3O2/c22-13-3-5-14(6-4-13)25-20(27)18-16-8-7-15(21(16)9-10-21)17(18)19(26)24-12-2-1-11-23/h3-8,15-18H,1-2,9-12,23H2,(H,24,26)(H,25,27)/t15-,16-,17-,18-/m1/s1. The molecular weight excluding hydrogens is 406 g/mol. The van der Waals surface area contributed by atoms with Gasteiger partial charge in [0.05, 0.1) is 11.8 Å². The molecule has 144 valence electrons. The van der Waals surface area contributed by atoms with E-state index in [1.807, 2.05) is 24.3 Å². The number of nitrogens with one attached hydrogen (secondary N) is 2. The van der Waals surface area contributed by atoms with E-state index in [9.17, 15) is 9.59 Å². The fraction of sp³-hybridized carbons (Fsp3) is 0.524. The molecule has 0 radical (unpaired) electrons. The Morgan fingerprint density at radius 2 is 1.67 bits per heavy atom. The summed E-state index contributed by atoms with van der Waals surface area (Å²) < 4.78 is 0.968. The second kappa shape index (κ2) is 7.40. The first-order valence-electron chi connectivity index (χ1n) is 9.79. The lowest BCUT2D eigenvalue weighted by Gasteiger charge is -2.26. The number of carbonyl (C=O) groups excluding carboxylic acids is 2. The lowest BCUT2D eigenvalue weighted by molar-refractivity contribution is -0.132. The minimum Gasteiger partial charge on any atom is -0.356 e. The summed E-state index contributed by atoms with van der Waals surface area (Å²) in [6.07, 6.45) is 8.38. The molecule has 4 rings (SSSR count). The highest BCUT2D eigenvalue weighted by atomic mass is 79.9. The number of hydrogen-bond acceptors (Lipinski definition) is 3. The van der Waals surface area contributed by atoms with Crippen LogP contribution in [-0.4, -0.2) is 24.9 Å². The van der Waals surface area contributed by atoms with Crippen LogP contribution in [0.2, 0.25) is 0 Å². The van der Waals surface area contributed by atoms with Crippen LogP contribution < -0.4 is 16.4 Å². The highest BCUT2D eigenvalue weighted by Gasteiger charge is 2.69. The number of amides is 2. The molecule has 2 amide bonds. The molecule has 2 saturated carbocycles. The van der Waals surface area contributed by atoms with Crippen LogP contribution in [-0.2, 0) is 9.59 Å². The Morgan fingerprint density at radius 3 is 2.26 bits per heavy atom. The Labute approximate surface area is 168 Å². The largest absolute Gasteiger partial charge is 0.356 e. The van der Waals surface area contributed by atoms with E-state index in [1.165, 1.54) is 0 Å². The third kappa shape index (κ3) is 3.34. The van der Waals surface area contributed by atoms with Crippen molar-refractivity contribution in [2.45, 2.75) is 25.7 Å². The molecule has 1 spiro atoms. The second-order valence-corrected chi connectivity index (χ2v) is 8.92. The Morgan fingerprint density at radius 1 is 1.04 bits per heavy atom. The smallest absolute Gasteiger partial charge is 0.228 e. The van der Waals surface area contributed by atoms with Gasteiger partial charge in [-0.15, -0.1) is 0 Å². The van der Waals surface area contributed by atoms with Crippen LogP contribution in [0.1, 0.15) is 25.7 Å². The maximum absolute atomic E-state index is 13.1. The zero-order valence-corrected chi connectivity index (χ0v) is 16.9. The van der Waals surface area contributed by atoms with Crippen molar-refractivity contribution in [1.29, 1.82) is 0 Å². The normalized spacial score (nSPS) is 29.1. The molecular formula is C21H26BrN3O2. The number of halogens is 1. The van der Waals surface area contributed by atoms with Gasteiger partial charge in [-0.3, -0.25) is 9.59 Å². The quantitative estimate of drug-likeness (QED) is 0.458. The molecule has 4 atom stereocenters. The van der Waals surface area contributed by atoms with E-state index in [0.717, 1.165) is 35.8 Å². The summed E-state index contributed by atoms with van der Waals surface area (Å²) in [6.45, 7) is 1.26. The fourth-order valence-electron chi connectivity index (χ4n) is 5.07. The van der Waals surface area contributed by atoms with Crippen molar-refractivity contribution in [3.63, 3.8) is 0 Å². The van der Waals surface area contributed by atoms with Crippen LogP contribution in [0.4, 0.5) is 5.69 Å². The number of benzene rings is 1. The molecule has 27 heavy (non-hydrogen) atoms. The summed E-state index contributed by atoms with van der Waals surface area (Å²) in [4.78, 5) is 26.1. The zero-order chi connectivity index (χ0) is 19.0. The van der Waals surface area contributed by atoms with Gasteiger partial charge in [0.1, 0.15) is 0 Å². The number of unbranched alkanes of at least 4 members (excludes halogenated alkanes) is 1. The van der Waals surface area contributed by atoms with E-state index >= 15 is 0 Å². The van der Waals surface area contributed by atoms with Crippen LogP contribution in [0.25, 0.3) is 0 Å². The molecule has 0 aliphatic heterocycles. The molecule has 3 aliphatic carbocycles. The second-order valence-electron chi connectivity index (χ2n) is 8.00. The number of carbonyl (C=O) groups is 2. The minimum absolute atomic E-state index is 0.0195. The van der Waals surface area contributed by atoms with Crippen LogP contribution in [0, 0.1) is 29.1 Å². The molecule has 1 aromatic carbocycles. The molecule has 0 saturated heterocycles. The molecule has 1 aromatic rings. The summed E-state index contributed by atoms with van der Waals surface area (Å²) >= 11 is 3.41. The van der Waals surface area contributed by atoms with E-state index in [1.54, 1.807) is 0 Å².